The van der Waals surface area contributed by atoms with E-state index in [0.717, 1.165) is 35.4 Å². The highest BCUT2D eigenvalue weighted by Gasteiger charge is 2.16. The molecule has 0 radical (unpaired) electrons. The van der Waals surface area contributed by atoms with Gasteiger partial charge in [-0.15, -0.1) is 11.3 Å². The van der Waals surface area contributed by atoms with Crippen molar-refractivity contribution in [3.8, 4) is 16.3 Å². The molecule has 0 spiro atoms. The number of aromatic nitrogens is 1. The van der Waals surface area contributed by atoms with Crippen LogP contribution in [-0.2, 0) is 4.79 Å². The molecule has 0 atom stereocenters. The number of nitrogens with one attached hydrogen (secondary N) is 2. The van der Waals surface area contributed by atoms with Gasteiger partial charge in [0, 0.05) is 14.5 Å². The van der Waals surface area contributed by atoms with Crippen LogP contribution in [-0.4, -0.2) is 22.6 Å². The van der Waals surface area contributed by atoms with Crippen molar-refractivity contribution in [1.82, 2.24) is 10.3 Å². The summed E-state index contributed by atoms with van der Waals surface area (Å²) in [6.07, 6.45) is 0. The van der Waals surface area contributed by atoms with E-state index in [1.54, 1.807) is 23.5 Å². The van der Waals surface area contributed by atoms with Gasteiger partial charge in [-0.25, -0.2) is 4.98 Å². The fourth-order valence-corrected chi connectivity index (χ4v) is 5.36. The molecule has 0 bridgehead atoms. The van der Waals surface area contributed by atoms with Crippen LogP contribution in [0.25, 0.3) is 20.8 Å². The molecule has 5 nitrogen and oxygen atoms in total. The lowest BCUT2D eigenvalue weighted by molar-refractivity contribution is -0.121. The Kier molecular flexibility index (Phi) is 6.96. The normalized spacial score (nSPS) is 10.6. The number of halogens is 2. The van der Waals surface area contributed by atoms with Crippen molar-refractivity contribution in [1.29, 1.82) is 0 Å². The molecule has 156 valence electrons. The van der Waals surface area contributed by atoms with Gasteiger partial charge < -0.3 is 10.1 Å². The summed E-state index contributed by atoms with van der Waals surface area (Å²) in [7, 11) is 0. The molecular formula is C22H15Br2N3O2S2. The summed E-state index contributed by atoms with van der Waals surface area (Å²) < 4.78 is 8.23. The van der Waals surface area contributed by atoms with E-state index in [9.17, 15) is 4.79 Å². The molecule has 0 aliphatic carbocycles. The summed E-state index contributed by atoms with van der Waals surface area (Å²) in [6, 6.07) is 21.0. The second-order valence-electron chi connectivity index (χ2n) is 6.40. The van der Waals surface area contributed by atoms with Gasteiger partial charge in [-0.05, 0) is 64.5 Å². The van der Waals surface area contributed by atoms with E-state index in [1.165, 1.54) is 0 Å². The van der Waals surface area contributed by atoms with Gasteiger partial charge in [-0.1, -0.05) is 46.3 Å². The predicted molar refractivity (Wildman–Crippen MR) is 137 cm³/mol. The SMILES string of the molecule is O=C(COc1ccccc1)NC(=S)Nc1c(Br)cc(Br)cc1-c1nc2ccccc2s1. The minimum absolute atomic E-state index is 0.141. The number of thiocarbonyl (C=S) groups is 1. The number of thiazole rings is 1. The Morgan fingerprint density at radius 1 is 1.06 bits per heavy atom. The van der Waals surface area contributed by atoms with E-state index < -0.39 is 0 Å². The number of hydrogen-bond donors (Lipinski definition) is 2. The maximum absolute atomic E-state index is 12.2. The quantitative estimate of drug-likeness (QED) is 0.270. The lowest BCUT2D eigenvalue weighted by atomic mass is 10.2. The van der Waals surface area contributed by atoms with Crippen LogP contribution in [0.15, 0.2) is 75.7 Å². The number of anilines is 1. The summed E-state index contributed by atoms with van der Waals surface area (Å²) in [5.41, 5.74) is 2.51. The van der Waals surface area contributed by atoms with Gasteiger partial charge in [0.25, 0.3) is 5.91 Å². The van der Waals surface area contributed by atoms with Crippen molar-refractivity contribution in [3.63, 3.8) is 0 Å². The van der Waals surface area contributed by atoms with Crippen LogP contribution >= 0.6 is 55.4 Å². The number of carbonyl (C=O) groups excluding carboxylic acids is 1. The van der Waals surface area contributed by atoms with E-state index in [4.69, 9.17) is 21.9 Å². The number of carbonyl (C=O) groups is 1. The fourth-order valence-electron chi connectivity index (χ4n) is 2.83. The van der Waals surface area contributed by atoms with Crippen LogP contribution in [0, 0.1) is 0 Å². The van der Waals surface area contributed by atoms with Crippen LogP contribution in [0.5, 0.6) is 5.75 Å². The third kappa shape index (κ3) is 5.48. The van der Waals surface area contributed by atoms with Crippen molar-refractivity contribution < 1.29 is 9.53 Å². The Morgan fingerprint density at radius 2 is 1.81 bits per heavy atom. The fraction of sp³-hybridized carbons (Fsp3) is 0.0455. The smallest absolute Gasteiger partial charge is 0.264 e. The van der Waals surface area contributed by atoms with Crippen molar-refractivity contribution in [3.05, 3.63) is 75.7 Å². The molecule has 1 aromatic heterocycles. The van der Waals surface area contributed by atoms with Gasteiger partial charge in [-0.3, -0.25) is 10.1 Å². The van der Waals surface area contributed by atoms with Crippen molar-refractivity contribution in [2.45, 2.75) is 0 Å². The van der Waals surface area contributed by atoms with Gasteiger partial charge >= 0.3 is 0 Å². The third-order valence-corrected chi connectivity index (χ3v) is 6.54. The molecule has 4 rings (SSSR count). The summed E-state index contributed by atoms with van der Waals surface area (Å²) >= 11 is 14.1. The van der Waals surface area contributed by atoms with Crippen LogP contribution in [0.1, 0.15) is 0 Å². The highest BCUT2D eigenvalue weighted by atomic mass is 79.9. The Hall–Kier alpha value is -2.33. The third-order valence-electron chi connectivity index (χ3n) is 4.18. The zero-order valence-electron chi connectivity index (χ0n) is 15.9. The Labute approximate surface area is 205 Å². The molecule has 3 aromatic carbocycles. The zero-order valence-corrected chi connectivity index (χ0v) is 20.7. The lowest BCUT2D eigenvalue weighted by Crippen LogP contribution is -2.37. The lowest BCUT2D eigenvalue weighted by Gasteiger charge is -2.15. The first kappa shape index (κ1) is 21.9. The largest absolute Gasteiger partial charge is 0.484 e. The van der Waals surface area contributed by atoms with E-state index >= 15 is 0 Å². The van der Waals surface area contributed by atoms with E-state index in [2.05, 4.69) is 42.5 Å². The first-order valence-electron chi connectivity index (χ1n) is 9.13. The first-order chi connectivity index (χ1) is 15.0. The van der Waals surface area contributed by atoms with Gasteiger partial charge in [0.15, 0.2) is 11.7 Å². The highest BCUT2D eigenvalue weighted by Crippen LogP contribution is 2.40. The molecule has 2 N–H and O–H groups in total. The minimum Gasteiger partial charge on any atom is -0.484 e. The molecule has 9 heteroatoms. The number of nitrogens with zero attached hydrogens (tertiary/aromatic N) is 1. The van der Waals surface area contributed by atoms with Gasteiger partial charge in [0.05, 0.1) is 15.9 Å². The molecule has 1 amide bonds. The molecule has 4 aromatic rings. The van der Waals surface area contributed by atoms with E-state index in [0.29, 0.717) is 5.75 Å². The molecule has 0 aliphatic rings. The van der Waals surface area contributed by atoms with Crippen molar-refractivity contribution in [2.24, 2.45) is 0 Å². The van der Waals surface area contributed by atoms with Gasteiger partial charge in [0.2, 0.25) is 0 Å². The average molecular weight is 577 g/mol. The molecule has 31 heavy (non-hydrogen) atoms. The van der Waals surface area contributed by atoms with Crippen LogP contribution in [0.2, 0.25) is 0 Å². The molecular weight excluding hydrogens is 562 g/mol. The second kappa shape index (κ2) is 9.86. The average Bonchev–Trinajstić information content (AvgIpc) is 3.19. The molecule has 0 fully saturated rings. The topological polar surface area (TPSA) is 63.2 Å². The first-order valence-corrected chi connectivity index (χ1v) is 11.9. The second-order valence-corrected chi connectivity index (χ2v) is 9.61. The maximum atomic E-state index is 12.2. The number of amides is 1. The number of rotatable bonds is 5. The van der Waals surface area contributed by atoms with Crippen molar-refractivity contribution >= 4 is 82.3 Å². The Morgan fingerprint density at radius 3 is 2.58 bits per heavy atom. The number of hydrogen-bond acceptors (Lipinski definition) is 5. The van der Waals surface area contributed by atoms with E-state index in [1.807, 2.05) is 54.6 Å². The van der Waals surface area contributed by atoms with Gasteiger partial charge in [0.1, 0.15) is 10.8 Å². The number of para-hydroxylation sites is 2. The van der Waals surface area contributed by atoms with Crippen molar-refractivity contribution in [2.75, 3.05) is 11.9 Å². The minimum atomic E-state index is -0.351. The summed E-state index contributed by atoms with van der Waals surface area (Å²) in [4.78, 5) is 17.0. The molecule has 1 heterocycles. The Balaban J connectivity index is 1.51. The molecule has 0 saturated heterocycles. The van der Waals surface area contributed by atoms with Crippen LogP contribution in [0.3, 0.4) is 0 Å². The monoisotopic (exact) mass is 575 g/mol. The van der Waals surface area contributed by atoms with Crippen LogP contribution in [0.4, 0.5) is 5.69 Å². The molecule has 0 aliphatic heterocycles. The highest BCUT2D eigenvalue weighted by molar-refractivity contribution is 9.11. The number of benzene rings is 3. The number of ether oxygens (including phenoxy) is 1. The molecule has 0 unspecified atom stereocenters. The molecule has 0 saturated carbocycles. The number of fused-ring (bicyclic) bond motifs is 1. The predicted octanol–water partition coefficient (Wildman–Crippen LogP) is 6.38. The zero-order chi connectivity index (χ0) is 21.8. The Bertz CT molecular complexity index is 1230. The maximum Gasteiger partial charge on any atom is 0.264 e. The summed E-state index contributed by atoms with van der Waals surface area (Å²) in [6.45, 7) is -0.141. The summed E-state index contributed by atoms with van der Waals surface area (Å²) in [5.74, 6) is 0.265. The standard InChI is InChI=1S/C22H15Br2N3O2S2/c23-13-10-15(21-25-17-8-4-5-9-18(17)31-21)20(16(24)11-13)27-22(30)26-19(28)12-29-14-6-2-1-3-7-14/h1-11H,12H2,(H2,26,27,28,30). The van der Waals surface area contributed by atoms with Crippen LogP contribution < -0.4 is 15.4 Å². The van der Waals surface area contributed by atoms with Gasteiger partial charge in [-0.2, -0.15) is 0 Å². The summed E-state index contributed by atoms with van der Waals surface area (Å²) in [5, 5.41) is 6.79. The van der Waals surface area contributed by atoms with E-state index in [-0.39, 0.29) is 17.6 Å².